The molecule has 3 nitrogen and oxygen atoms in total. The lowest BCUT2D eigenvalue weighted by Crippen LogP contribution is -2.21. The molecule has 132 valence electrons. The Hall–Kier alpha value is -1.42. The van der Waals surface area contributed by atoms with E-state index in [1.54, 1.807) is 0 Å². The summed E-state index contributed by atoms with van der Waals surface area (Å²) in [5, 5.41) is 0. The van der Waals surface area contributed by atoms with E-state index in [0.717, 1.165) is 25.1 Å². The van der Waals surface area contributed by atoms with Gasteiger partial charge < -0.3 is 9.64 Å². The van der Waals surface area contributed by atoms with Gasteiger partial charge in [-0.3, -0.25) is 4.98 Å². The van der Waals surface area contributed by atoms with Crippen LogP contribution in [-0.4, -0.2) is 37.1 Å². The van der Waals surface area contributed by atoms with Gasteiger partial charge in [0.05, 0.1) is 12.3 Å². The first-order valence-corrected chi connectivity index (χ1v) is 8.45. The van der Waals surface area contributed by atoms with E-state index < -0.39 is 0 Å². The Morgan fingerprint density at radius 3 is 2.17 bits per heavy atom. The average Bonchev–Trinajstić information content (AvgIpc) is 2.58. The molecule has 2 rings (SSSR count). The number of likely N-dealkylation sites (N-methyl/N-ethyl adjacent to an activating group) is 1. The molecule has 0 saturated heterocycles. The van der Waals surface area contributed by atoms with E-state index in [-0.39, 0.29) is 18.5 Å². The fraction of sp³-hybridized carbons (Fsp3) is 0.450. The molecule has 1 heterocycles. The topological polar surface area (TPSA) is 25.4 Å². The molecule has 0 aliphatic rings. The quantitative estimate of drug-likeness (QED) is 0.711. The van der Waals surface area contributed by atoms with Crippen LogP contribution in [0.4, 0.5) is 0 Å². The summed E-state index contributed by atoms with van der Waals surface area (Å²) in [6.07, 6.45) is 3.76. The zero-order chi connectivity index (χ0) is 16.7. The molecule has 0 amide bonds. The van der Waals surface area contributed by atoms with Crippen molar-refractivity contribution in [3.63, 3.8) is 0 Å². The Kier molecular flexibility index (Phi) is 8.98. The summed E-state index contributed by atoms with van der Waals surface area (Å²) in [7, 11) is 4.13. The maximum atomic E-state index is 6.31. The van der Waals surface area contributed by atoms with E-state index in [1.807, 2.05) is 18.3 Å². The SMILES string of the molecule is CCc1cccc(CC)c1C(OCCN(C)C)c1ccccn1.Cl. The number of hydrogen-bond acceptors (Lipinski definition) is 3. The summed E-state index contributed by atoms with van der Waals surface area (Å²) in [5.41, 5.74) is 4.99. The van der Waals surface area contributed by atoms with Crippen molar-refractivity contribution in [2.24, 2.45) is 0 Å². The lowest BCUT2D eigenvalue weighted by atomic mass is 9.91. The first kappa shape index (κ1) is 20.6. The number of nitrogens with zero attached hydrogens (tertiary/aromatic N) is 2. The minimum Gasteiger partial charge on any atom is -0.366 e. The number of rotatable bonds is 8. The maximum Gasteiger partial charge on any atom is 0.125 e. The van der Waals surface area contributed by atoms with Crippen LogP contribution in [-0.2, 0) is 17.6 Å². The Labute approximate surface area is 152 Å². The minimum atomic E-state index is -0.0951. The van der Waals surface area contributed by atoms with Crippen molar-refractivity contribution in [2.45, 2.75) is 32.8 Å². The predicted molar refractivity (Wildman–Crippen MR) is 103 cm³/mol. The zero-order valence-electron chi connectivity index (χ0n) is 15.2. The number of aromatic nitrogens is 1. The van der Waals surface area contributed by atoms with Gasteiger partial charge in [0, 0.05) is 12.7 Å². The molecule has 0 spiro atoms. The van der Waals surface area contributed by atoms with Crippen LogP contribution in [0.15, 0.2) is 42.6 Å². The number of hydrogen-bond donors (Lipinski definition) is 0. The van der Waals surface area contributed by atoms with Crippen LogP contribution in [0, 0.1) is 0 Å². The van der Waals surface area contributed by atoms with E-state index in [4.69, 9.17) is 4.74 Å². The monoisotopic (exact) mass is 348 g/mol. The van der Waals surface area contributed by atoms with Crippen molar-refractivity contribution in [3.05, 3.63) is 65.0 Å². The van der Waals surface area contributed by atoms with Crippen LogP contribution in [0.1, 0.15) is 42.3 Å². The van der Waals surface area contributed by atoms with Crippen molar-refractivity contribution >= 4 is 12.4 Å². The second kappa shape index (κ2) is 10.4. The van der Waals surface area contributed by atoms with Crippen molar-refractivity contribution in [3.8, 4) is 0 Å². The number of pyridine rings is 1. The van der Waals surface area contributed by atoms with Gasteiger partial charge in [0.25, 0.3) is 0 Å². The Morgan fingerprint density at radius 1 is 1.00 bits per heavy atom. The van der Waals surface area contributed by atoms with E-state index in [1.165, 1.54) is 16.7 Å². The molecule has 24 heavy (non-hydrogen) atoms. The number of benzene rings is 1. The van der Waals surface area contributed by atoms with Crippen LogP contribution < -0.4 is 0 Å². The molecular formula is C20H29ClN2O. The first-order chi connectivity index (χ1) is 11.2. The minimum absolute atomic E-state index is 0. The molecule has 1 atom stereocenters. The molecule has 0 aliphatic heterocycles. The van der Waals surface area contributed by atoms with Gasteiger partial charge in [0.1, 0.15) is 6.10 Å². The number of aryl methyl sites for hydroxylation is 2. The van der Waals surface area contributed by atoms with Crippen molar-refractivity contribution in [1.82, 2.24) is 9.88 Å². The highest BCUT2D eigenvalue weighted by molar-refractivity contribution is 5.85. The summed E-state index contributed by atoms with van der Waals surface area (Å²) in [6.45, 7) is 6.00. The lowest BCUT2D eigenvalue weighted by Gasteiger charge is -2.24. The van der Waals surface area contributed by atoms with Gasteiger partial charge in [0.2, 0.25) is 0 Å². The molecule has 1 unspecified atom stereocenters. The molecule has 0 fully saturated rings. The summed E-state index contributed by atoms with van der Waals surface area (Å²) >= 11 is 0. The molecule has 1 aromatic carbocycles. The fourth-order valence-electron chi connectivity index (χ4n) is 2.82. The largest absolute Gasteiger partial charge is 0.366 e. The molecule has 4 heteroatoms. The van der Waals surface area contributed by atoms with Gasteiger partial charge >= 0.3 is 0 Å². The number of halogens is 1. The van der Waals surface area contributed by atoms with Gasteiger partial charge in [0.15, 0.2) is 0 Å². The van der Waals surface area contributed by atoms with Gasteiger partial charge in [-0.25, -0.2) is 0 Å². The highest BCUT2D eigenvalue weighted by Gasteiger charge is 2.21. The number of ether oxygens (including phenoxy) is 1. The maximum absolute atomic E-state index is 6.31. The summed E-state index contributed by atoms with van der Waals surface area (Å²) in [6, 6.07) is 12.6. The molecule has 1 aromatic heterocycles. The molecule has 0 radical (unpaired) electrons. The van der Waals surface area contributed by atoms with Crippen LogP contribution in [0.5, 0.6) is 0 Å². The Bertz CT molecular complexity index is 580. The molecule has 0 aliphatic carbocycles. The Balaban J connectivity index is 0.00000288. The van der Waals surface area contributed by atoms with E-state index >= 15 is 0 Å². The highest BCUT2D eigenvalue weighted by Crippen LogP contribution is 2.31. The van der Waals surface area contributed by atoms with E-state index in [9.17, 15) is 0 Å². The standard InChI is InChI=1S/C20H28N2O.ClH/c1-5-16-10-9-11-17(6-2)19(16)20(23-15-14-22(3)4)18-12-7-8-13-21-18;/h7-13,20H,5-6,14-15H2,1-4H3;1H. The van der Waals surface area contributed by atoms with Gasteiger partial charge in [-0.15, -0.1) is 12.4 Å². The second-order valence-electron chi connectivity index (χ2n) is 6.01. The van der Waals surface area contributed by atoms with E-state index in [0.29, 0.717) is 6.61 Å². The third kappa shape index (κ3) is 5.30. The lowest BCUT2D eigenvalue weighted by molar-refractivity contribution is 0.0652. The molecule has 2 aromatic rings. The van der Waals surface area contributed by atoms with Crippen LogP contribution in [0.25, 0.3) is 0 Å². The van der Waals surface area contributed by atoms with Crippen LogP contribution >= 0.6 is 12.4 Å². The van der Waals surface area contributed by atoms with Gasteiger partial charge in [-0.05, 0) is 55.8 Å². The highest BCUT2D eigenvalue weighted by atomic mass is 35.5. The van der Waals surface area contributed by atoms with Gasteiger partial charge in [-0.2, -0.15) is 0 Å². The molecule has 0 bridgehead atoms. The van der Waals surface area contributed by atoms with Crippen molar-refractivity contribution < 1.29 is 4.74 Å². The van der Waals surface area contributed by atoms with E-state index in [2.05, 4.69) is 62.1 Å². The van der Waals surface area contributed by atoms with Gasteiger partial charge in [-0.1, -0.05) is 38.1 Å². The third-order valence-corrected chi connectivity index (χ3v) is 4.09. The van der Waals surface area contributed by atoms with Crippen LogP contribution in [0.2, 0.25) is 0 Å². The fourth-order valence-corrected chi connectivity index (χ4v) is 2.82. The first-order valence-electron chi connectivity index (χ1n) is 8.45. The molecule has 0 saturated carbocycles. The summed E-state index contributed by atoms with van der Waals surface area (Å²) in [4.78, 5) is 6.71. The predicted octanol–water partition coefficient (Wildman–Crippen LogP) is 4.30. The van der Waals surface area contributed by atoms with Crippen molar-refractivity contribution in [2.75, 3.05) is 27.2 Å². The smallest absolute Gasteiger partial charge is 0.125 e. The Morgan fingerprint density at radius 2 is 1.67 bits per heavy atom. The molecule has 0 N–H and O–H groups in total. The third-order valence-electron chi connectivity index (χ3n) is 4.09. The zero-order valence-corrected chi connectivity index (χ0v) is 16.0. The average molecular weight is 349 g/mol. The summed E-state index contributed by atoms with van der Waals surface area (Å²) < 4.78 is 6.31. The molecular weight excluding hydrogens is 320 g/mol. The normalized spacial score (nSPS) is 12.0. The second-order valence-corrected chi connectivity index (χ2v) is 6.01. The van der Waals surface area contributed by atoms with Crippen molar-refractivity contribution in [1.29, 1.82) is 0 Å². The van der Waals surface area contributed by atoms with Crippen LogP contribution in [0.3, 0.4) is 0 Å². The summed E-state index contributed by atoms with van der Waals surface area (Å²) in [5.74, 6) is 0.